The van der Waals surface area contributed by atoms with E-state index in [1.807, 2.05) is 18.2 Å². The molecule has 1 N–H and O–H groups in total. The number of fused-ring (bicyclic) bond motifs is 1. The minimum Gasteiger partial charge on any atom is -0.282 e. The van der Waals surface area contributed by atoms with E-state index in [1.54, 1.807) is 6.07 Å². The van der Waals surface area contributed by atoms with E-state index < -0.39 is 10.1 Å². The van der Waals surface area contributed by atoms with Crippen molar-refractivity contribution in [1.29, 1.82) is 0 Å². The Kier molecular flexibility index (Phi) is 25.2. The van der Waals surface area contributed by atoms with Crippen LogP contribution in [-0.2, 0) is 23.0 Å². The molecule has 0 saturated heterocycles. The molecule has 0 radical (unpaired) electrons. The normalized spacial score (nSPS) is 12.0. The number of aryl methyl sites for hydroxylation is 2. The Morgan fingerprint density at radius 1 is 0.438 bits per heavy atom. The summed E-state index contributed by atoms with van der Waals surface area (Å²) >= 11 is 0. The molecule has 2 aromatic rings. The molecule has 0 amide bonds. The average molecular weight is 685 g/mol. The van der Waals surface area contributed by atoms with Crippen molar-refractivity contribution < 1.29 is 13.0 Å². The van der Waals surface area contributed by atoms with Crippen LogP contribution in [0.4, 0.5) is 0 Å². The zero-order valence-corrected chi connectivity index (χ0v) is 32.5. The predicted molar refractivity (Wildman–Crippen MR) is 211 cm³/mol. The molecule has 3 nitrogen and oxygen atoms in total. The van der Waals surface area contributed by atoms with Crippen LogP contribution in [0.5, 0.6) is 0 Å². The molecule has 48 heavy (non-hydrogen) atoms. The minimum absolute atomic E-state index is 0.0781. The summed E-state index contributed by atoms with van der Waals surface area (Å²) in [7, 11) is -4.28. The van der Waals surface area contributed by atoms with Gasteiger partial charge in [0.2, 0.25) is 0 Å². The highest BCUT2D eigenvalue weighted by molar-refractivity contribution is 7.86. The Morgan fingerprint density at radius 2 is 0.750 bits per heavy atom. The maximum atomic E-state index is 12.4. The third-order valence-corrected chi connectivity index (χ3v) is 11.5. The lowest BCUT2D eigenvalue weighted by atomic mass is 9.91. The van der Waals surface area contributed by atoms with E-state index in [0.29, 0.717) is 5.39 Å². The summed E-state index contributed by atoms with van der Waals surface area (Å²) < 4.78 is 34.9. The van der Waals surface area contributed by atoms with E-state index in [-0.39, 0.29) is 4.90 Å². The molecule has 0 aliphatic carbocycles. The molecule has 0 fully saturated rings. The smallest absolute Gasteiger partial charge is 0.282 e. The molecule has 0 spiro atoms. The summed E-state index contributed by atoms with van der Waals surface area (Å²) in [6.45, 7) is 4.57. The zero-order chi connectivity index (χ0) is 34.5. The van der Waals surface area contributed by atoms with Gasteiger partial charge in [0, 0.05) is 5.39 Å². The summed E-state index contributed by atoms with van der Waals surface area (Å²) in [6, 6.07) is 9.58. The van der Waals surface area contributed by atoms with Crippen molar-refractivity contribution in [2.45, 2.75) is 224 Å². The second kappa shape index (κ2) is 28.3. The number of rotatable bonds is 33. The molecular weight excluding hydrogens is 609 g/mol. The van der Waals surface area contributed by atoms with Crippen LogP contribution in [-0.4, -0.2) is 13.0 Å². The highest BCUT2D eigenvalue weighted by Gasteiger charge is 2.19. The maximum Gasteiger partial charge on any atom is 0.295 e. The van der Waals surface area contributed by atoms with Gasteiger partial charge in [-0.1, -0.05) is 218 Å². The largest absolute Gasteiger partial charge is 0.295 e. The van der Waals surface area contributed by atoms with Crippen molar-refractivity contribution in [3.63, 3.8) is 0 Å². The molecule has 0 saturated carbocycles. The highest BCUT2D eigenvalue weighted by Crippen LogP contribution is 2.32. The lowest BCUT2D eigenvalue weighted by Crippen LogP contribution is -2.05. The summed E-state index contributed by atoms with van der Waals surface area (Å²) in [4.78, 5) is 0.0781. The van der Waals surface area contributed by atoms with Gasteiger partial charge in [0.15, 0.2) is 0 Å². The van der Waals surface area contributed by atoms with Gasteiger partial charge < -0.3 is 0 Å². The number of benzene rings is 2. The summed E-state index contributed by atoms with van der Waals surface area (Å²) in [5.74, 6) is 0. The first kappa shape index (κ1) is 42.8. The topological polar surface area (TPSA) is 54.4 Å². The van der Waals surface area contributed by atoms with Gasteiger partial charge in [-0.25, -0.2) is 0 Å². The number of hydrogen-bond acceptors (Lipinski definition) is 2. The number of hydrogen-bond donors (Lipinski definition) is 1. The summed E-state index contributed by atoms with van der Waals surface area (Å²) in [6.07, 6.45) is 42.3. The molecule has 2 aromatic carbocycles. The average Bonchev–Trinajstić information content (AvgIpc) is 3.08. The van der Waals surface area contributed by atoms with E-state index in [2.05, 4.69) is 19.9 Å². The van der Waals surface area contributed by atoms with Crippen LogP contribution in [0.3, 0.4) is 0 Å². The molecule has 0 aromatic heterocycles. The van der Waals surface area contributed by atoms with Gasteiger partial charge >= 0.3 is 0 Å². The fourth-order valence-electron chi connectivity index (χ4n) is 7.55. The van der Waals surface area contributed by atoms with E-state index in [9.17, 15) is 13.0 Å². The van der Waals surface area contributed by atoms with Crippen LogP contribution in [0.15, 0.2) is 35.2 Å². The third kappa shape index (κ3) is 19.7. The van der Waals surface area contributed by atoms with Crippen LogP contribution in [0.1, 0.15) is 218 Å². The Labute approximate surface area is 298 Å². The van der Waals surface area contributed by atoms with Crippen molar-refractivity contribution in [3.05, 3.63) is 41.5 Å². The van der Waals surface area contributed by atoms with E-state index in [4.69, 9.17) is 0 Å². The molecule has 4 heteroatoms. The maximum absolute atomic E-state index is 12.4. The first-order chi connectivity index (χ1) is 23.5. The van der Waals surface area contributed by atoms with Crippen LogP contribution >= 0.6 is 0 Å². The van der Waals surface area contributed by atoms with Gasteiger partial charge in [-0.15, -0.1) is 0 Å². The molecule has 276 valence electrons. The van der Waals surface area contributed by atoms with Crippen molar-refractivity contribution >= 4 is 20.9 Å². The lowest BCUT2D eigenvalue weighted by Gasteiger charge is -2.16. The predicted octanol–water partition coefficient (Wildman–Crippen LogP) is 14.9. The van der Waals surface area contributed by atoms with Gasteiger partial charge in [-0.3, -0.25) is 4.55 Å². The first-order valence-corrected chi connectivity index (χ1v) is 22.4. The lowest BCUT2D eigenvalue weighted by molar-refractivity contribution is 0.484. The molecular formula is C44H76O3S. The Bertz CT molecular complexity index is 1160. The van der Waals surface area contributed by atoms with Crippen LogP contribution in [0.25, 0.3) is 10.8 Å². The fraction of sp³-hybridized carbons (Fsp3) is 0.773. The SMILES string of the molecule is CCCCCCCCCCCCCCCCCc1cc(S(=O)(=O)O)c2ccccc2c1CCCCCCCCCCCCCCCCC. The monoisotopic (exact) mass is 685 g/mol. The minimum atomic E-state index is -4.28. The molecule has 0 bridgehead atoms. The Morgan fingerprint density at radius 3 is 1.10 bits per heavy atom. The van der Waals surface area contributed by atoms with Crippen LogP contribution in [0, 0.1) is 0 Å². The van der Waals surface area contributed by atoms with Crippen molar-refractivity contribution in [2.75, 3.05) is 0 Å². The Hall–Kier alpha value is -1.39. The zero-order valence-electron chi connectivity index (χ0n) is 31.7. The molecule has 0 aliphatic heterocycles. The third-order valence-electron chi connectivity index (χ3n) is 10.6. The van der Waals surface area contributed by atoms with E-state index in [1.165, 1.54) is 185 Å². The van der Waals surface area contributed by atoms with Crippen LogP contribution in [0.2, 0.25) is 0 Å². The van der Waals surface area contributed by atoms with Crippen molar-refractivity contribution in [1.82, 2.24) is 0 Å². The molecule has 2 rings (SSSR count). The van der Waals surface area contributed by atoms with E-state index in [0.717, 1.165) is 36.6 Å². The van der Waals surface area contributed by atoms with E-state index >= 15 is 0 Å². The van der Waals surface area contributed by atoms with Crippen molar-refractivity contribution in [3.8, 4) is 0 Å². The standard InChI is InChI=1S/C44H76O3S/c1-3-5-7-9-11-13-15-17-19-21-23-25-27-29-31-35-40-39-44(48(45,46)47)43-38-34-33-37-42(43)41(40)36-32-30-28-26-24-22-20-18-16-14-12-10-8-6-4-2/h33-34,37-39H,3-32,35-36H2,1-2H3,(H,45,46,47). The molecule has 0 aliphatic rings. The van der Waals surface area contributed by atoms with Crippen molar-refractivity contribution in [2.24, 2.45) is 0 Å². The van der Waals surface area contributed by atoms with Crippen LogP contribution < -0.4 is 0 Å². The van der Waals surface area contributed by atoms with Gasteiger partial charge in [0.1, 0.15) is 4.90 Å². The second-order valence-corrected chi connectivity index (χ2v) is 16.3. The fourth-order valence-corrected chi connectivity index (χ4v) is 8.30. The molecule has 0 heterocycles. The first-order valence-electron chi connectivity index (χ1n) is 21.0. The molecule has 0 atom stereocenters. The van der Waals surface area contributed by atoms with Gasteiger partial charge in [0.25, 0.3) is 10.1 Å². The van der Waals surface area contributed by atoms with Gasteiger partial charge in [-0.05, 0) is 48.3 Å². The van der Waals surface area contributed by atoms with Gasteiger partial charge in [-0.2, -0.15) is 8.42 Å². The van der Waals surface area contributed by atoms with Gasteiger partial charge in [0.05, 0.1) is 0 Å². The highest BCUT2D eigenvalue weighted by atomic mass is 32.2. The quantitative estimate of drug-likeness (QED) is 0.0601. The number of unbranched alkanes of at least 4 members (excludes halogenated alkanes) is 28. The summed E-state index contributed by atoms with van der Waals surface area (Å²) in [5.41, 5.74) is 2.43. The summed E-state index contributed by atoms with van der Waals surface area (Å²) in [5, 5.41) is 1.67. The Balaban J connectivity index is 1.70. The molecule has 0 unspecified atom stereocenters. The second-order valence-electron chi connectivity index (χ2n) is 14.9.